The summed E-state index contributed by atoms with van der Waals surface area (Å²) in [5.41, 5.74) is 2.39. The highest BCUT2D eigenvalue weighted by atomic mass is 19.3. The molecule has 2 N–H and O–H groups in total. The van der Waals surface area contributed by atoms with Crippen molar-refractivity contribution in [3.05, 3.63) is 41.1 Å². The van der Waals surface area contributed by atoms with Gasteiger partial charge in [0.05, 0.1) is 36.2 Å². The number of hydrogen-bond acceptors (Lipinski definition) is 7. The van der Waals surface area contributed by atoms with E-state index in [9.17, 15) is 18.4 Å². The predicted molar refractivity (Wildman–Crippen MR) is 138 cm³/mol. The number of carbonyl (C=O) groups excluding carboxylic acids is 2. The van der Waals surface area contributed by atoms with Crippen LogP contribution in [0.4, 0.5) is 13.6 Å². The summed E-state index contributed by atoms with van der Waals surface area (Å²) >= 11 is 0. The van der Waals surface area contributed by atoms with E-state index in [-0.39, 0.29) is 55.4 Å². The van der Waals surface area contributed by atoms with Crippen molar-refractivity contribution in [1.29, 1.82) is 0 Å². The second-order valence-corrected chi connectivity index (χ2v) is 11.8. The van der Waals surface area contributed by atoms with E-state index in [1.54, 1.807) is 23.8 Å². The number of aryl methyl sites for hydroxylation is 1. The van der Waals surface area contributed by atoms with Crippen molar-refractivity contribution >= 4 is 17.6 Å². The molecule has 2 aliphatic carbocycles. The molecule has 11 nitrogen and oxygen atoms in total. The third-order valence-corrected chi connectivity index (χ3v) is 8.58. The molecule has 214 valence electrons. The largest absolute Gasteiger partial charge is 0.342 e. The summed E-state index contributed by atoms with van der Waals surface area (Å²) in [5.74, 6) is -2.76. The fourth-order valence-electron chi connectivity index (χ4n) is 6.02. The summed E-state index contributed by atoms with van der Waals surface area (Å²) in [6, 6.07) is 1.25. The summed E-state index contributed by atoms with van der Waals surface area (Å²) in [5, 5.41) is 18.0. The minimum Gasteiger partial charge on any atom is -0.342 e. The van der Waals surface area contributed by atoms with Crippen molar-refractivity contribution in [3.63, 3.8) is 0 Å². The molecule has 3 fully saturated rings. The number of hydrogen-bond donors (Lipinski definition) is 2. The van der Waals surface area contributed by atoms with E-state index >= 15 is 0 Å². The maximum atomic E-state index is 14.0. The zero-order valence-corrected chi connectivity index (χ0v) is 22.8. The van der Waals surface area contributed by atoms with Crippen LogP contribution in [0.2, 0.25) is 0 Å². The van der Waals surface area contributed by atoms with E-state index in [0.29, 0.717) is 35.4 Å². The van der Waals surface area contributed by atoms with E-state index in [4.69, 9.17) is 4.98 Å². The number of nitrogens with one attached hydrogen (secondary N) is 2. The molecule has 3 aliphatic rings. The Morgan fingerprint density at radius 2 is 1.93 bits per heavy atom. The Hall–Kier alpha value is -3.64. The summed E-state index contributed by atoms with van der Waals surface area (Å²) in [4.78, 5) is 32.7. The molecule has 0 bridgehead atoms. The first-order valence-corrected chi connectivity index (χ1v) is 14.0. The smallest absolute Gasteiger partial charge is 0.318 e. The molecule has 4 heterocycles. The van der Waals surface area contributed by atoms with Gasteiger partial charge in [-0.2, -0.15) is 5.10 Å². The first-order valence-electron chi connectivity index (χ1n) is 14.0. The standard InChI is InChI=1S/C27H34F2N8O3/c1-14(2)19-12-36(26(39)32-19)24(17-4-5-17)18-10-21-31-20(13-37(21)30-11-18)23(16-6-8-27(28,29)9-7-16)33-25(38)22-15(3)34-40-35-22/h10-11,13-14,16-17,19,23-24H,4-9,12H2,1-3H3,(H,32,39)(H,33,38)/t19-,23-,24+/m0/s1. The number of aromatic nitrogens is 5. The molecule has 3 aromatic rings. The van der Waals surface area contributed by atoms with Gasteiger partial charge in [-0.15, -0.1) is 0 Å². The van der Waals surface area contributed by atoms with Crippen molar-refractivity contribution in [2.24, 2.45) is 17.8 Å². The molecule has 3 atom stereocenters. The van der Waals surface area contributed by atoms with Crippen LogP contribution in [0.25, 0.3) is 5.65 Å². The molecule has 2 saturated carbocycles. The topological polar surface area (TPSA) is 131 Å². The SMILES string of the molecule is Cc1nonc1C(=O)N[C@H](c1cn2ncc([C@@H](C3CC3)N3C[C@@H](C(C)C)NC3=O)cc2n1)C1CCC(F)(F)CC1. The average Bonchev–Trinajstić information content (AvgIpc) is 3.30. The van der Waals surface area contributed by atoms with Gasteiger partial charge in [0.15, 0.2) is 11.3 Å². The molecular weight excluding hydrogens is 522 g/mol. The van der Waals surface area contributed by atoms with E-state index in [2.05, 4.69) is 44.5 Å². The molecule has 1 saturated heterocycles. The van der Waals surface area contributed by atoms with Crippen LogP contribution in [0.15, 0.2) is 23.1 Å². The van der Waals surface area contributed by atoms with Crippen LogP contribution in [-0.2, 0) is 0 Å². The van der Waals surface area contributed by atoms with E-state index in [0.717, 1.165) is 18.4 Å². The Morgan fingerprint density at radius 3 is 2.55 bits per heavy atom. The van der Waals surface area contributed by atoms with Gasteiger partial charge in [-0.3, -0.25) is 4.79 Å². The Bertz CT molecular complexity index is 1410. The number of alkyl halides is 2. The van der Waals surface area contributed by atoms with E-state index < -0.39 is 17.9 Å². The van der Waals surface area contributed by atoms with Crippen LogP contribution in [0.3, 0.4) is 0 Å². The number of nitrogens with zero attached hydrogens (tertiary/aromatic N) is 6. The summed E-state index contributed by atoms with van der Waals surface area (Å²) < 4.78 is 34.3. The second kappa shape index (κ2) is 10.1. The Balaban J connectivity index is 1.30. The first kappa shape index (κ1) is 26.6. The van der Waals surface area contributed by atoms with Crippen LogP contribution in [-0.4, -0.2) is 60.3 Å². The normalized spacial score (nSPS) is 23.0. The third kappa shape index (κ3) is 5.13. The fraction of sp³-hybridized carbons (Fsp3) is 0.630. The Kier molecular flexibility index (Phi) is 6.70. The van der Waals surface area contributed by atoms with Crippen molar-refractivity contribution in [2.75, 3.05) is 6.54 Å². The monoisotopic (exact) mass is 556 g/mol. The zero-order chi connectivity index (χ0) is 28.2. The van der Waals surface area contributed by atoms with E-state index in [1.807, 2.05) is 11.0 Å². The number of rotatable bonds is 8. The summed E-state index contributed by atoms with van der Waals surface area (Å²) in [6.07, 6.45) is 5.58. The Labute approximate surface area is 230 Å². The van der Waals surface area contributed by atoms with Crippen molar-refractivity contribution in [2.45, 2.75) is 83.3 Å². The molecule has 0 aromatic carbocycles. The Morgan fingerprint density at radius 1 is 1.18 bits per heavy atom. The lowest BCUT2D eigenvalue weighted by atomic mass is 9.81. The van der Waals surface area contributed by atoms with Gasteiger partial charge in [0, 0.05) is 19.4 Å². The minimum absolute atomic E-state index is 0.0474. The number of carbonyl (C=O) groups is 2. The van der Waals surface area contributed by atoms with Crippen molar-refractivity contribution in [3.8, 4) is 0 Å². The third-order valence-electron chi connectivity index (χ3n) is 8.58. The maximum Gasteiger partial charge on any atom is 0.318 e. The number of imidazole rings is 1. The molecular formula is C27H34F2N8O3. The van der Waals surface area contributed by atoms with Crippen molar-refractivity contribution in [1.82, 2.24) is 40.4 Å². The van der Waals surface area contributed by atoms with Gasteiger partial charge in [-0.05, 0) is 67.1 Å². The van der Waals surface area contributed by atoms with Gasteiger partial charge in [0.1, 0.15) is 5.69 Å². The van der Waals surface area contributed by atoms with Crippen LogP contribution in [0.5, 0.6) is 0 Å². The first-order chi connectivity index (χ1) is 19.1. The lowest BCUT2D eigenvalue weighted by Gasteiger charge is -2.33. The molecule has 13 heteroatoms. The van der Waals surface area contributed by atoms with Crippen LogP contribution >= 0.6 is 0 Å². The summed E-state index contributed by atoms with van der Waals surface area (Å²) in [6.45, 7) is 6.45. The molecule has 1 aliphatic heterocycles. The zero-order valence-electron chi connectivity index (χ0n) is 22.8. The van der Waals surface area contributed by atoms with Crippen LogP contribution in [0.1, 0.15) is 91.9 Å². The van der Waals surface area contributed by atoms with Crippen LogP contribution < -0.4 is 10.6 Å². The molecule has 0 radical (unpaired) electrons. The summed E-state index contributed by atoms with van der Waals surface area (Å²) in [7, 11) is 0. The predicted octanol–water partition coefficient (Wildman–Crippen LogP) is 4.22. The lowest BCUT2D eigenvalue weighted by Crippen LogP contribution is -2.37. The lowest BCUT2D eigenvalue weighted by molar-refractivity contribution is -0.0495. The maximum absolute atomic E-state index is 14.0. The number of fused-ring (bicyclic) bond motifs is 1. The molecule has 40 heavy (non-hydrogen) atoms. The highest BCUT2D eigenvalue weighted by Crippen LogP contribution is 2.46. The molecule has 6 rings (SSSR count). The fourth-order valence-corrected chi connectivity index (χ4v) is 6.02. The van der Waals surface area contributed by atoms with Gasteiger partial charge >= 0.3 is 6.03 Å². The number of amides is 3. The van der Waals surface area contributed by atoms with Gasteiger partial charge in [-0.1, -0.05) is 19.0 Å². The molecule has 0 unspecified atom stereocenters. The highest BCUT2D eigenvalue weighted by molar-refractivity contribution is 5.93. The molecule has 3 aromatic heterocycles. The number of urea groups is 1. The number of halogens is 2. The quantitative estimate of drug-likeness (QED) is 0.425. The van der Waals surface area contributed by atoms with Gasteiger partial charge in [0.2, 0.25) is 5.92 Å². The second-order valence-electron chi connectivity index (χ2n) is 11.8. The van der Waals surface area contributed by atoms with Gasteiger partial charge in [-0.25, -0.2) is 27.7 Å². The van der Waals surface area contributed by atoms with Crippen LogP contribution in [0, 0.1) is 24.7 Å². The van der Waals surface area contributed by atoms with Gasteiger partial charge in [0.25, 0.3) is 5.91 Å². The van der Waals surface area contributed by atoms with Gasteiger partial charge < -0.3 is 15.5 Å². The minimum atomic E-state index is -2.71. The highest BCUT2D eigenvalue weighted by Gasteiger charge is 2.44. The average molecular weight is 557 g/mol. The molecule has 3 amide bonds. The molecule has 0 spiro atoms. The van der Waals surface area contributed by atoms with E-state index in [1.165, 1.54) is 0 Å². The van der Waals surface area contributed by atoms with Crippen molar-refractivity contribution < 1.29 is 23.0 Å².